The van der Waals surface area contributed by atoms with Gasteiger partial charge < -0.3 is 14.8 Å². The molecule has 0 fully saturated rings. The van der Waals surface area contributed by atoms with Crippen molar-refractivity contribution >= 4 is 18.4 Å². The molecule has 115 valence electrons. The minimum atomic E-state index is -0.870. The number of ether oxygens (including phenoxy) is 2. The van der Waals surface area contributed by atoms with Crippen LogP contribution in [0, 0.1) is 0 Å². The smallest absolute Gasteiger partial charge is 0.408 e. The average molecular weight is 302 g/mol. The summed E-state index contributed by atoms with van der Waals surface area (Å²) in [7, 11) is 1.25. The summed E-state index contributed by atoms with van der Waals surface area (Å²) in [6.07, 6.45) is 2.39. The van der Waals surface area contributed by atoms with Gasteiger partial charge in [0.15, 0.2) is 0 Å². The second-order valence-corrected chi connectivity index (χ2v) is 4.50. The van der Waals surface area contributed by atoms with E-state index in [4.69, 9.17) is 4.74 Å². The van der Waals surface area contributed by atoms with Gasteiger partial charge in [-0.25, -0.2) is 19.9 Å². The van der Waals surface area contributed by atoms with Crippen LogP contribution in [0.4, 0.5) is 4.79 Å². The maximum atomic E-state index is 11.8. The Hall–Kier alpha value is -2.83. The molecule has 1 aliphatic rings. The molecule has 1 N–H and O–H groups in total. The third kappa shape index (κ3) is 4.62. The van der Waals surface area contributed by atoms with E-state index < -0.39 is 18.1 Å². The zero-order chi connectivity index (χ0) is 15.8. The number of carbonyl (C=O) groups is 2. The van der Waals surface area contributed by atoms with Gasteiger partial charge in [-0.2, -0.15) is 0 Å². The highest BCUT2D eigenvalue weighted by atomic mass is 16.6. The molecule has 0 spiro atoms. The summed E-state index contributed by atoms with van der Waals surface area (Å²) in [5.41, 5.74) is 1.44. The first-order valence-corrected chi connectivity index (χ1v) is 6.65. The van der Waals surface area contributed by atoms with E-state index in [1.807, 2.05) is 30.3 Å². The van der Waals surface area contributed by atoms with Gasteiger partial charge in [0.05, 0.1) is 19.0 Å². The predicted molar refractivity (Wildman–Crippen MR) is 78.9 cm³/mol. The maximum Gasteiger partial charge on any atom is 0.408 e. The number of alkyl carbamates (subject to hydrolysis) is 1. The zero-order valence-corrected chi connectivity index (χ0v) is 12.1. The molecule has 0 bridgehead atoms. The van der Waals surface area contributed by atoms with E-state index >= 15 is 0 Å². The predicted octanol–water partition coefficient (Wildman–Crippen LogP) is 1.33. The molecule has 1 amide bonds. The molecule has 1 aliphatic heterocycles. The molecule has 1 aromatic carbocycles. The number of esters is 1. The number of hydrogen-bond acceptors (Lipinski definition) is 5. The molecule has 0 saturated carbocycles. The van der Waals surface area contributed by atoms with Crippen molar-refractivity contribution in [3.63, 3.8) is 0 Å². The van der Waals surface area contributed by atoms with Crippen molar-refractivity contribution in [1.82, 2.24) is 10.6 Å². The summed E-state index contributed by atoms with van der Waals surface area (Å²) < 4.78 is 9.75. The second kappa shape index (κ2) is 7.82. The molecule has 1 unspecified atom stereocenters. The zero-order valence-electron chi connectivity index (χ0n) is 12.1. The number of hydrogen-bond donors (Lipinski definition) is 1. The second-order valence-electron chi connectivity index (χ2n) is 4.50. The van der Waals surface area contributed by atoms with Crippen LogP contribution in [0.5, 0.6) is 0 Å². The molecule has 7 heteroatoms. The first kappa shape index (κ1) is 15.6. The molecule has 1 aromatic rings. The lowest BCUT2D eigenvalue weighted by Crippen LogP contribution is -2.42. The minimum absolute atomic E-state index is 0.122. The Balaban J connectivity index is 1.86. The van der Waals surface area contributed by atoms with E-state index in [0.717, 1.165) is 5.56 Å². The fourth-order valence-electron chi connectivity index (χ4n) is 1.82. The maximum absolute atomic E-state index is 11.8. The van der Waals surface area contributed by atoms with Crippen LogP contribution in [0.3, 0.4) is 0 Å². The number of rotatable bonds is 6. The van der Waals surface area contributed by atoms with Crippen molar-refractivity contribution in [1.29, 1.82) is 0 Å². The van der Waals surface area contributed by atoms with Crippen molar-refractivity contribution in [2.45, 2.75) is 19.1 Å². The molecular weight excluding hydrogens is 286 g/mol. The number of aliphatic imine (C=N–C) groups is 1. The topological polar surface area (TPSA) is 91.1 Å². The van der Waals surface area contributed by atoms with Gasteiger partial charge in [0, 0.05) is 6.42 Å². The molecule has 1 heterocycles. The Labute approximate surface area is 128 Å². The van der Waals surface area contributed by atoms with Crippen LogP contribution < -0.4 is 10.6 Å². The summed E-state index contributed by atoms with van der Waals surface area (Å²) >= 11 is 0. The monoisotopic (exact) mass is 302 g/mol. The van der Waals surface area contributed by atoms with Gasteiger partial charge in [0.25, 0.3) is 0 Å². The standard InChI is InChI=1S/C15H16N3O4/c1-21-14(19)13(7-12-8-16-10-17-12)18-15(20)22-9-11-5-3-2-4-6-11/h2-6,8,10,13H,7,9H2,1H3,(H,18,20). The largest absolute Gasteiger partial charge is 0.467 e. The first-order chi connectivity index (χ1) is 10.7. The van der Waals surface area contributed by atoms with E-state index in [1.165, 1.54) is 19.6 Å². The van der Waals surface area contributed by atoms with Gasteiger partial charge >= 0.3 is 12.1 Å². The number of nitrogens with one attached hydrogen (secondary N) is 1. The third-order valence-corrected chi connectivity index (χ3v) is 2.92. The van der Waals surface area contributed by atoms with Gasteiger partial charge in [-0.15, -0.1) is 0 Å². The van der Waals surface area contributed by atoms with E-state index in [-0.39, 0.29) is 13.0 Å². The van der Waals surface area contributed by atoms with Crippen LogP contribution in [0.1, 0.15) is 12.0 Å². The quantitative estimate of drug-likeness (QED) is 0.803. The fourth-order valence-corrected chi connectivity index (χ4v) is 1.82. The molecule has 0 aliphatic carbocycles. The number of carbonyl (C=O) groups excluding carboxylic acids is 2. The Morgan fingerprint density at radius 3 is 2.68 bits per heavy atom. The lowest BCUT2D eigenvalue weighted by molar-refractivity contribution is -0.143. The normalized spacial score (nSPS) is 13.8. The molecular formula is C15H16N3O4. The van der Waals surface area contributed by atoms with Gasteiger partial charge in [0.1, 0.15) is 19.0 Å². The Kier molecular flexibility index (Phi) is 5.53. The number of amides is 1. The average Bonchev–Trinajstić information content (AvgIpc) is 3.05. The molecule has 0 saturated heterocycles. The molecule has 1 atom stereocenters. The summed E-state index contributed by atoms with van der Waals surface area (Å²) in [4.78, 5) is 27.3. The van der Waals surface area contributed by atoms with Crippen molar-refractivity contribution in [3.8, 4) is 0 Å². The summed E-state index contributed by atoms with van der Waals surface area (Å²) in [6, 6.07) is 8.38. The number of methoxy groups -OCH3 is 1. The number of nitrogens with zero attached hydrogens (tertiary/aromatic N) is 2. The fraction of sp³-hybridized carbons (Fsp3) is 0.267. The van der Waals surface area contributed by atoms with E-state index in [0.29, 0.717) is 5.70 Å². The van der Waals surface area contributed by atoms with Gasteiger partial charge in [-0.3, -0.25) is 0 Å². The van der Waals surface area contributed by atoms with Crippen molar-refractivity contribution < 1.29 is 19.1 Å². The van der Waals surface area contributed by atoms with Crippen LogP contribution in [0.25, 0.3) is 0 Å². The van der Waals surface area contributed by atoms with Crippen LogP contribution in [-0.4, -0.2) is 31.6 Å². The van der Waals surface area contributed by atoms with Crippen molar-refractivity contribution in [2.24, 2.45) is 4.99 Å². The van der Waals surface area contributed by atoms with Crippen LogP contribution in [0.2, 0.25) is 0 Å². The van der Waals surface area contributed by atoms with E-state index in [2.05, 4.69) is 20.4 Å². The first-order valence-electron chi connectivity index (χ1n) is 6.65. The van der Waals surface area contributed by atoms with Gasteiger partial charge in [0.2, 0.25) is 0 Å². The van der Waals surface area contributed by atoms with E-state index in [9.17, 15) is 9.59 Å². The SMILES string of the molecule is COC(=O)C(CC1=CN=C[N]1)NC(=O)OCc1ccccc1. The van der Waals surface area contributed by atoms with Gasteiger partial charge in [-0.05, 0) is 5.56 Å². The van der Waals surface area contributed by atoms with E-state index in [1.54, 1.807) is 0 Å². The Morgan fingerprint density at radius 1 is 1.27 bits per heavy atom. The van der Waals surface area contributed by atoms with Gasteiger partial charge in [-0.1, -0.05) is 30.3 Å². The molecule has 1 radical (unpaired) electrons. The Morgan fingerprint density at radius 2 is 2.05 bits per heavy atom. The lowest BCUT2D eigenvalue weighted by atomic mass is 10.1. The highest BCUT2D eigenvalue weighted by molar-refractivity contribution is 5.81. The highest BCUT2D eigenvalue weighted by Gasteiger charge is 2.24. The van der Waals surface area contributed by atoms with Crippen molar-refractivity contribution in [3.05, 3.63) is 47.8 Å². The summed E-state index contributed by atoms with van der Waals surface area (Å²) in [5.74, 6) is -0.570. The van der Waals surface area contributed by atoms with Crippen LogP contribution in [0.15, 0.2) is 47.2 Å². The lowest BCUT2D eigenvalue weighted by Gasteiger charge is -2.16. The summed E-state index contributed by atoms with van der Waals surface area (Å²) in [5, 5.41) is 6.44. The van der Waals surface area contributed by atoms with Crippen LogP contribution in [-0.2, 0) is 20.9 Å². The minimum Gasteiger partial charge on any atom is -0.467 e. The molecule has 7 nitrogen and oxygen atoms in total. The Bertz CT molecular complexity index is 584. The number of benzene rings is 1. The van der Waals surface area contributed by atoms with Crippen molar-refractivity contribution in [2.75, 3.05) is 7.11 Å². The van der Waals surface area contributed by atoms with Crippen LogP contribution >= 0.6 is 0 Å². The third-order valence-electron chi connectivity index (χ3n) is 2.92. The highest BCUT2D eigenvalue weighted by Crippen LogP contribution is 2.09. The summed E-state index contributed by atoms with van der Waals surface area (Å²) in [6.45, 7) is 0.122. The molecule has 22 heavy (non-hydrogen) atoms. The molecule has 0 aromatic heterocycles. The molecule has 2 rings (SSSR count).